The van der Waals surface area contributed by atoms with E-state index in [9.17, 15) is 0 Å². The third kappa shape index (κ3) is 4.33. The minimum absolute atomic E-state index is 0. The predicted molar refractivity (Wildman–Crippen MR) is 200 cm³/mol. The summed E-state index contributed by atoms with van der Waals surface area (Å²) in [5, 5.41) is 6.86. The van der Waals surface area contributed by atoms with Gasteiger partial charge in [-0.3, -0.25) is 9.55 Å². The molecular weight excluding hydrogens is 810 g/mol. The normalized spacial score (nSPS) is 11.8. The van der Waals surface area contributed by atoms with Crippen molar-refractivity contribution in [2.45, 2.75) is 0 Å². The van der Waals surface area contributed by atoms with E-state index in [1.165, 1.54) is 10.8 Å². The number of benzene rings is 6. The first-order chi connectivity index (χ1) is 24.8. The largest absolute Gasteiger partial charge is 2.00 e. The van der Waals surface area contributed by atoms with Gasteiger partial charge >= 0.3 is 21.1 Å². The zero-order valence-corrected chi connectivity index (χ0v) is 29.2. The molecule has 0 unspecified atom stereocenters. The maximum atomic E-state index is 6.54. The van der Waals surface area contributed by atoms with Crippen LogP contribution in [0.5, 0.6) is 0 Å². The second-order valence-electron chi connectivity index (χ2n) is 12.5. The zero-order chi connectivity index (χ0) is 32.8. The van der Waals surface area contributed by atoms with Crippen molar-refractivity contribution in [2.24, 2.45) is 0 Å². The van der Waals surface area contributed by atoms with Crippen LogP contribution in [0.4, 0.5) is 0 Å². The standard InChI is InChI=1S/C44H25N5O.Pt/c1-5-18-37-33(15-1)35-23-22-28(44-46-27-42(50-44)49-39-20-7-2-13-31(39)32-14-3-8-21-40(32)49)25-41(35)47(37)29-11-9-12-30(26-29)48-38-19-6-4-16-34(38)36-17-10-24-45-43(36)48;/h1-24,27H;/q-2;+2. The summed E-state index contributed by atoms with van der Waals surface area (Å²) in [6, 6.07) is 55.7. The first-order valence-electron chi connectivity index (χ1n) is 16.6. The summed E-state index contributed by atoms with van der Waals surface area (Å²) in [4.78, 5) is 9.58. The number of para-hydroxylation sites is 4. The third-order valence-electron chi connectivity index (χ3n) is 9.79. The third-order valence-corrected chi connectivity index (χ3v) is 9.79. The molecule has 6 aromatic carbocycles. The quantitative estimate of drug-likeness (QED) is 0.166. The van der Waals surface area contributed by atoms with E-state index in [1.807, 2.05) is 18.3 Å². The summed E-state index contributed by atoms with van der Waals surface area (Å²) in [6.45, 7) is 0. The number of nitrogens with zero attached hydrogens (tertiary/aromatic N) is 5. The molecule has 0 aliphatic carbocycles. The molecule has 0 bridgehead atoms. The van der Waals surface area contributed by atoms with Gasteiger partial charge in [-0.05, 0) is 47.3 Å². The second kappa shape index (κ2) is 11.4. The number of hydrogen-bond donors (Lipinski definition) is 0. The molecule has 11 aromatic rings. The van der Waals surface area contributed by atoms with Crippen LogP contribution in [0, 0.1) is 12.1 Å². The average molecular weight is 835 g/mol. The fourth-order valence-corrected chi connectivity index (χ4v) is 7.67. The van der Waals surface area contributed by atoms with E-state index in [0.717, 1.165) is 71.7 Å². The minimum atomic E-state index is 0. The fraction of sp³-hybridized carbons (Fsp3) is 0. The molecule has 0 amide bonds. The molecule has 11 rings (SSSR count). The van der Waals surface area contributed by atoms with Crippen molar-refractivity contribution < 1.29 is 25.5 Å². The summed E-state index contributed by atoms with van der Waals surface area (Å²) in [6.07, 6.45) is 3.65. The van der Waals surface area contributed by atoms with E-state index < -0.39 is 0 Å². The van der Waals surface area contributed by atoms with Crippen LogP contribution in [0.15, 0.2) is 156 Å². The van der Waals surface area contributed by atoms with E-state index in [-0.39, 0.29) is 21.1 Å². The molecule has 0 aliphatic rings. The molecule has 0 N–H and O–H groups in total. The fourth-order valence-electron chi connectivity index (χ4n) is 7.67. The summed E-state index contributed by atoms with van der Waals surface area (Å²) in [5.41, 5.74) is 8.73. The molecule has 51 heavy (non-hydrogen) atoms. The van der Waals surface area contributed by atoms with Crippen molar-refractivity contribution in [3.05, 3.63) is 164 Å². The van der Waals surface area contributed by atoms with Crippen molar-refractivity contribution >= 4 is 65.5 Å². The van der Waals surface area contributed by atoms with Gasteiger partial charge in [0.05, 0.1) is 22.7 Å². The zero-order valence-electron chi connectivity index (χ0n) is 26.9. The molecule has 0 atom stereocenters. The molecule has 5 aromatic heterocycles. The Kier molecular flexibility index (Phi) is 6.64. The average Bonchev–Trinajstić information content (AvgIpc) is 3.94. The van der Waals surface area contributed by atoms with Gasteiger partial charge in [-0.25, -0.2) is 4.98 Å². The Morgan fingerprint density at radius 2 is 1.00 bits per heavy atom. The molecule has 0 saturated heterocycles. The molecule has 0 spiro atoms. The summed E-state index contributed by atoms with van der Waals surface area (Å²) in [7, 11) is 0. The van der Waals surface area contributed by atoms with Crippen LogP contribution >= 0.6 is 0 Å². The number of rotatable bonds is 4. The number of pyridine rings is 1. The van der Waals surface area contributed by atoms with Crippen LogP contribution in [0.2, 0.25) is 0 Å². The number of fused-ring (bicyclic) bond motifs is 9. The first kappa shape index (κ1) is 29.7. The van der Waals surface area contributed by atoms with E-state index in [0.29, 0.717) is 11.8 Å². The van der Waals surface area contributed by atoms with E-state index in [2.05, 4.69) is 153 Å². The molecule has 0 aliphatic heterocycles. The number of aromatic nitrogens is 5. The summed E-state index contributed by atoms with van der Waals surface area (Å²) >= 11 is 0. The minimum Gasteiger partial charge on any atom is -0.467 e. The van der Waals surface area contributed by atoms with Crippen LogP contribution in [-0.4, -0.2) is 23.7 Å². The molecule has 6 nitrogen and oxygen atoms in total. The van der Waals surface area contributed by atoms with Crippen LogP contribution in [-0.2, 0) is 21.1 Å². The Balaban J connectivity index is 0.00000327. The van der Waals surface area contributed by atoms with Crippen molar-refractivity contribution in [1.82, 2.24) is 23.7 Å². The molecule has 7 heteroatoms. The van der Waals surface area contributed by atoms with Crippen molar-refractivity contribution in [1.29, 1.82) is 0 Å². The van der Waals surface area contributed by atoms with E-state index in [4.69, 9.17) is 14.4 Å². The van der Waals surface area contributed by atoms with Gasteiger partial charge in [-0.15, -0.1) is 36.4 Å². The summed E-state index contributed by atoms with van der Waals surface area (Å²) < 4.78 is 13.1. The molecule has 242 valence electrons. The Hall–Kier alpha value is -6.23. The van der Waals surface area contributed by atoms with Gasteiger partial charge in [0.15, 0.2) is 0 Å². The van der Waals surface area contributed by atoms with Crippen LogP contribution < -0.4 is 0 Å². The van der Waals surface area contributed by atoms with E-state index >= 15 is 0 Å². The maximum Gasteiger partial charge on any atom is 2.00 e. The van der Waals surface area contributed by atoms with Crippen molar-refractivity contribution in [3.63, 3.8) is 0 Å². The Labute approximate surface area is 306 Å². The molecule has 0 saturated carbocycles. The predicted octanol–water partition coefficient (Wildman–Crippen LogP) is 10.6. The maximum absolute atomic E-state index is 6.54. The van der Waals surface area contributed by atoms with Gasteiger partial charge in [0.2, 0.25) is 5.88 Å². The van der Waals surface area contributed by atoms with Gasteiger partial charge in [-0.1, -0.05) is 95.1 Å². The Morgan fingerprint density at radius 3 is 1.69 bits per heavy atom. The summed E-state index contributed by atoms with van der Waals surface area (Å²) in [5.74, 6) is 1.17. The van der Waals surface area contributed by atoms with Crippen LogP contribution in [0.3, 0.4) is 0 Å². The van der Waals surface area contributed by atoms with Crippen LogP contribution in [0.1, 0.15) is 0 Å². The van der Waals surface area contributed by atoms with Gasteiger partial charge in [0, 0.05) is 33.3 Å². The van der Waals surface area contributed by atoms with Gasteiger partial charge in [0.25, 0.3) is 0 Å². The SMILES string of the molecule is [Pt+2].[c-]1c(-n2c3[c-]c(-c4ncc(-n5c6ccccc6c6ccccc65)o4)ccc3c3ccccc32)cccc1-n1c2ccccc2c2cccnc21. The van der Waals surface area contributed by atoms with Gasteiger partial charge < -0.3 is 13.6 Å². The van der Waals surface area contributed by atoms with E-state index in [1.54, 1.807) is 6.20 Å². The Morgan fingerprint density at radius 1 is 0.451 bits per heavy atom. The van der Waals surface area contributed by atoms with Gasteiger partial charge in [0.1, 0.15) is 11.5 Å². The van der Waals surface area contributed by atoms with Crippen molar-refractivity contribution in [3.8, 4) is 28.7 Å². The van der Waals surface area contributed by atoms with Crippen LogP contribution in [0.25, 0.3) is 94.3 Å². The molecule has 0 radical (unpaired) electrons. The smallest absolute Gasteiger partial charge is 0.467 e. The monoisotopic (exact) mass is 834 g/mol. The second-order valence-corrected chi connectivity index (χ2v) is 12.5. The Bertz CT molecular complexity index is 3020. The molecule has 5 heterocycles. The number of hydrogen-bond acceptors (Lipinski definition) is 3. The molecular formula is C44H25N5OPt. The topological polar surface area (TPSA) is 53.7 Å². The van der Waals surface area contributed by atoms with Crippen molar-refractivity contribution in [2.75, 3.05) is 0 Å². The molecule has 0 fully saturated rings. The number of oxazole rings is 1. The first-order valence-corrected chi connectivity index (χ1v) is 16.6. The van der Waals surface area contributed by atoms with Gasteiger partial charge in [-0.2, -0.15) is 6.07 Å².